The lowest BCUT2D eigenvalue weighted by Crippen LogP contribution is -2.13. The number of nitro groups is 1. The van der Waals surface area contributed by atoms with Crippen molar-refractivity contribution in [3.8, 4) is 0 Å². The first-order valence-corrected chi connectivity index (χ1v) is 9.91. The molecular weight excluding hydrogens is 364 g/mol. The van der Waals surface area contributed by atoms with Gasteiger partial charge < -0.3 is 4.90 Å². The zero-order valence-corrected chi connectivity index (χ0v) is 15.0. The first kappa shape index (κ1) is 17.2. The summed E-state index contributed by atoms with van der Waals surface area (Å²) in [5.74, 6) is 0. The van der Waals surface area contributed by atoms with Crippen LogP contribution in [-0.4, -0.2) is 18.7 Å². The number of rotatable bonds is 5. The van der Waals surface area contributed by atoms with E-state index in [0.717, 1.165) is 11.3 Å². The van der Waals surface area contributed by atoms with E-state index < -0.39 is 26.2 Å². The van der Waals surface area contributed by atoms with E-state index in [-0.39, 0.29) is 10.6 Å². The van der Waals surface area contributed by atoms with Crippen molar-refractivity contribution >= 4 is 21.2 Å². The topological polar surface area (TPSA) is 80.3 Å². The highest BCUT2D eigenvalue weighted by atomic mass is 32.2. The first-order chi connectivity index (χ1) is 13.0. The van der Waals surface area contributed by atoms with Crippen molar-refractivity contribution in [3.05, 3.63) is 101 Å². The highest BCUT2D eigenvalue weighted by Gasteiger charge is 2.57. The standard InChI is InChI=1S/C20H16N2O4S/c23-22(24)17-13-11-15(12-14-17)19-20(21(19)16-7-3-1-4-8-16)27(25,26)18-9-5-2-6-10-18/h1-14,19-20H. The number of sulfone groups is 1. The number of hydrogen-bond acceptors (Lipinski definition) is 5. The van der Waals surface area contributed by atoms with Crippen LogP contribution in [0.25, 0.3) is 0 Å². The van der Waals surface area contributed by atoms with Gasteiger partial charge in [-0.2, -0.15) is 0 Å². The minimum Gasteiger partial charge on any atom is -0.342 e. The maximum atomic E-state index is 13.2. The van der Waals surface area contributed by atoms with Crippen LogP contribution >= 0.6 is 0 Å². The quantitative estimate of drug-likeness (QED) is 0.380. The summed E-state index contributed by atoms with van der Waals surface area (Å²) >= 11 is 0. The second kappa shape index (κ2) is 6.51. The van der Waals surface area contributed by atoms with Crippen LogP contribution < -0.4 is 4.90 Å². The largest absolute Gasteiger partial charge is 0.342 e. The SMILES string of the molecule is O=[N+]([O-])c1ccc(C2C(S(=O)(=O)c3ccccc3)N2c2ccccc2)cc1. The molecule has 1 fully saturated rings. The van der Waals surface area contributed by atoms with Gasteiger partial charge in [-0.05, 0) is 29.8 Å². The summed E-state index contributed by atoms with van der Waals surface area (Å²) in [5.41, 5.74) is 1.51. The van der Waals surface area contributed by atoms with Gasteiger partial charge in [0, 0.05) is 17.8 Å². The third kappa shape index (κ3) is 3.06. The summed E-state index contributed by atoms with van der Waals surface area (Å²) in [6.45, 7) is 0. The molecule has 27 heavy (non-hydrogen) atoms. The van der Waals surface area contributed by atoms with Crippen LogP contribution in [0.1, 0.15) is 11.6 Å². The molecule has 0 aromatic heterocycles. The summed E-state index contributed by atoms with van der Waals surface area (Å²) in [5, 5.41) is 10.1. The van der Waals surface area contributed by atoms with Gasteiger partial charge in [-0.15, -0.1) is 0 Å². The van der Waals surface area contributed by atoms with Gasteiger partial charge in [0.15, 0.2) is 5.37 Å². The zero-order chi connectivity index (χ0) is 19.0. The van der Waals surface area contributed by atoms with Gasteiger partial charge in [-0.3, -0.25) is 10.1 Å². The van der Waals surface area contributed by atoms with Gasteiger partial charge in [-0.1, -0.05) is 48.5 Å². The number of nitrogens with zero attached hydrogens (tertiary/aromatic N) is 2. The van der Waals surface area contributed by atoms with E-state index in [2.05, 4.69) is 0 Å². The zero-order valence-electron chi connectivity index (χ0n) is 14.2. The molecule has 0 amide bonds. The highest BCUT2D eigenvalue weighted by Crippen LogP contribution is 2.51. The van der Waals surface area contributed by atoms with Crippen LogP contribution in [0.15, 0.2) is 89.8 Å². The molecule has 4 rings (SSSR count). The molecule has 0 N–H and O–H groups in total. The maximum Gasteiger partial charge on any atom is 0.269 e. The fourth-order valence-electron chi connectivity index (χ4n) is 3.30. The van der Waals surface area contributed by atoms with E-state index in [1.54, 1.807) is 42.5 Å². The van der Waals surface area contributed by atoms with Gasteiger partial charge in [0.25, 0.3) is 5.69 Å². The molecule has 7 heteroatoms. The van der Waals surface area contributed by atoms with Crippen molar-refractivity contribution < 1.29 is 13.3 Å². The molecule has 1 heterocycles. The molecule has 0 aliphatic carbocycles. The van der Waals surface area contributed by atoms with Crippen molar-refractivity contribution in [2.75, 3.05) is 4.90 Å². The van der Waals surface area contributed by atoms with Gasteiger partial charge in [-0.25, -0.2) is 8.42 Å². The monoisotopic (exact) mass is 380 g/mol. The summed E-state index contributed by atoms with van der Waals surface area (Å²) in [6.07, 6.45) is 0. The fourth-order valence-corrected chi connectivity index (χ4v) is 5.23. The number of para-hydroxylation sites is 1. The summed E-state index contributed by atoms with van der Waals surface area (Å²) in [4.78, 5) is 12.5. The van der Waals surface area contributed by atoms with Crippen LogP contribution in [-0.2, 0) is 9.84 Å². The molecule has 0 saturated carbocycles. The average Bonchev–Trinajstić information content (AvgIpc) is 3.46. The molecule has 136 valence electrons. The predicted octanol–water partition coefficient (Wildman–Crippen LogP) is 3.96. The predicted molar refractivity (Wildman–Crippen MR) is 102 cm³/mol. The van der Waals surface area contributed by atoms with Crippen molar-refractivity contribution in [3.63, 3.8) is 0 Å². The number of nitro benzene ring substituents is 1. The van der Waals surface area contributed by atoms with E-state index >= 15 is 0 Å². The first-order valence-electron chi connectivity index (χ1n) is 8.37. The lowest BCUT2D eigenvalue weighted by atomic mass is 10.1. The molecule has 6 nitrogen and oxygen atoms in total. The van der Waals surface area contributed by atoms with E-state index in [9.17, 15) is 18.5 Å². The Hall–Kier alpha value is -3.19. The molecule has 3 aromatic rings. The molecule has 2 atom stereocenters. The van der Waals surface area contributed by atoms with Crippen molar-refractivity contribution in [1.29, 1.82) is 0 Å². The lowest BCUT2D eigenvalue weighted by Gasteiger charge is -2.06. The van der Waals surface area contributed by atoms with Crippen molar-refractivity contribution in [1.82, 2.24) is 0 Å². The second-order valence-corrected chi connectivity index (χ2v) is 8.33. The van der Waals surface area contributed by atoms with Gasteiger partial charge >= 0.3 is 0 Å². The molecule has 3 aromatic carbocycles. The van der Waals surface area contributed by atoms with Crippen LogP contribution in [0.2, 0.25) is 0 Å². The Morgan fingerprint density at radius 3 is 1.93 bits per heavy atom. The van der Waals surface area contributed by atoms with Crippen LogP contribution in [0.5, 0.6) is 0 Å². The fraction of sp³-hybridized carbons (Fsp3) is 0.100. The number of anilines is 1. The Morgan fingerprint density at radius 2 is 1.37 bits per heavy atom. The molecule has 1 aliphatic heterocycles. The van der Waals surface area contributed by atoms with E-state index in [1.807, 2.05) is 35.2 Å². The van der Waals surface area contributed by atoms with Crippen LogP contribution in [0.4, 0.5) is 11.4 Å². The lowest BCUT2D eigenvalue weighted by molar-refractivity contribution is -0.384. The molecule has 0 radical (unpaired) electrons. The maximum absolute atomic E-state index is 13.2. The molecule has 0 bridgehead atoms. The Labute approximate surface area is 156 Å². The normalized spacial score (nSPS) is 18.9. The number of hydrogen-bond donors (Lipinski definition) is 0. The van der Waals surface area contributed by atoms with Crippen molar-refractivity contribution in [2.24, 2.45) is 0 Å². The average molecular weight is 380 g/mol. The van der Waals surface area contributed by atoms with E-state index in [0.29, 0.717) is 0 Å². The second-order valence-electron chi connectivity index (χ2n) is 6.28. The Bertz CT molecular complexity index is 1070. The molecule has 0 spiro atoms. The Kier molecular flexibility index (Phi) is 4.16. The Morgan fingerprint density at radius 1 is 0.815 bits per heavy atom. The van der Waals surface area contributed by atoms with Gasteiger partial charge in [0.2, 0.25) is 9.84 Å². The van der Waals surface area contributed by atoms with E-state index in [4.69, 9.17) is 0 Å². The third-order valence-corrected chi connectivity index (χ3v) is 6.69. The number of non-ortho nitro benzene ring substituents is 1. The van der Waals surface area contributed by atoms with Gasteiger partial charge in [0.05, 0.1) is 15.9 Å². The molecule has 2 unspecified atom stereocenters. The minimum atomic E-state index is -3.59. The molecule has 1 aliphatic rings. The van der Waals surface area contributed by atoms with Crippen LogP contribution in [0, 0.1) is 10.1 Å². The highest BCUT2D eigenvalue weighted by molar-refractivity contribution is 7.92. The smallest absolute Gasteiger partial charge is 0.269 e. The summed E-state index contributed by atoms with van der Waals surface area (Å²) < 4.78 is 26.4. The molecule has 1 saturated heterocycles. The summed E-state index contributed by atoms with van der Waals surface area (Å²) in [7, 11) is -3.59. The Balaban J connectivity index is 1.75. The number of benzene rings is 3. The van der Waals surface area contributed by atoms with Gasteiger partial charge in [0.1, 0.15) is 0 Å². The summed E-state index contributed by atoms with van der Waals surface area (Å²) in [6, 6.07) is 23.3. The minimum absolute atomic E-state index is 0.0203. The van der Waals surface area contributed by atoms with Crippen molar-refractivity contribution in [2.45, 2.75) is 16.3 Å². The molecular formula is C20H16N2O4S. The third-order valence-electron chi connectivity index (χ3n) is 4.64. The van der Waals surface area contributed by atoms with E-state index in [1.165, 1.54) is 12.1 Å². The van der Waals surface area contributed by atoms with Crippen LogP contribution in [0.3, 0.4) is 0 Å².